The molecule has 0 aromatic carbocycles. The predicted molar refractivity (Wildman–Crippen MR) is 91.2 cm³/mol. The van der Waals surface area contributed by atoms with E-state index in [1.165, 1.54) is 4.68 Å². The highest BCUT2D eigenvalue weighted by molar-refractivity contribution is 5.98. The van der Waals surface area contributed by atoms with Crippen molar-refractivity contribution in [1.82, 2.24) is 24.6 Å². The maximum absolute atomic E-state index is 13.4. The fraction of sp³-hybridized carbons (Fsp3) is 0.588. The minimum atomic E-state index is -4.54. The summed E-state index contributed by atoms with van der Waals surface area (Å²) in [5.74, 6) is 0.182. The summed E-state index contributed by atoms with van der Waals surface area (Å²) in [4.78, 5) is 16.9. The van der Waals surface area contributed by atoms with E-state index in [0.717, 1.165) is 0 Å². The SMILES string of the molecule is Cc1nn(C)c(-n2ccnc2C)c1C(=O)NC(CC(C)(C)C)C(F)(F)F. The molecular weight excluding hydrogens is 347 g/mol. The van der Waals surface area contributed by atoms with Crippen molar-refractivity contribution < 1.29 is 18.0 Å². The standard InChI is InChI=1S/C17H24F3N5O/c1-10-13(15(24(6)23-10)25-8-7-21-11(25)2)14(26)22-12(17(18,19)20)9-16(3,4)5/h7-8,12H,9H2,1-6H3,(H,22,26). The molecule has 0 saturated carbocycles. The summed E-state index contributed by atoms with van der Waals surface area (Å²) in [7, 11) is 1.63. The van der Waals surface area contributed by atoms with E-state index in [4.69, 9.17) is 0 Å². The Hall–Kier alpha value is -2.32. The van der Waals surface area contributed by atoms with Gasteiger partial charge in [0.25, 0.3) is 5.91 Å². The number of carbonyl (C=O) groups is 1. The highest BCUT2D eigenvalue weighted by Crippen LogP contribution is 2.31. The second kappa shape index (κ2) is 6.77. The Balaban J connectivity index is 2.42. The van der Waals surface area contributed by atoms with Crippen molar-refractivity contribution in [2.24, 2.45) is 12.5 Å². The van der Waals surface area contributed by atoms with E-state index in [9.17, 15) is 18.0 Å². The molecule has 0 saturated heterocycles. The first-order chi connectivity index (χ1) is 11.8. The van der Waals surface area contributed by atoms with Gasteiger partial charge < -0.3 is 5.32 Å². The Kier molecular flexibility index (Phi) is 5.21. The molecule has 0 fully saturated rings. The maximum atomic E-state index is 13.4. The molecular formula is C17H24F3N5O. The highest BCUT2D eigenvalue weighted by Gasteiger charge is 2.43. The molecule has 2 heterocycles. The molecule has 1 amide bonds. The number of nitrogens with zero attached hydrogens (tertiary/aromatic N) is 4. The molecule has 144 valence electrons. The fourth-order valence-electron chi connectivity index (χ4n) is 2.88. The van der Waals surface area contributed by atoms with E-state index in [1.807, 2.05) is 0 Å². The Morgan fingerprint density at radius 3 is 2.35 bits per heavy atom. The molecule has 2 aromatic heterocycles. The summed E-state index contributed by atoms with van der Waals surface area (Å²) in [6.45, 7) is 8.44. The molecule has 9 heteroatoms. The van der Waals surface area contributed by atoms with Gasteiger partial charge in [0.2, 0.25) is 0 Å². The van der Waals surface area contributed by atoms with Crippen LogP contribution in [0.15, 0.2) is 12.4 Å². The third-order valence-electron chi connectivity index (χ3n) is 3.99. The van der Waals surface area contributed by atoms with E-state index < -0.39 is 23.5 Å². The molecule has 0 aliphatic heterocycles. The molecule has 1 N–H and O–H groups in total. The molecule has 2 rings (SSSR count). The van der Waals surface area contributed by atoms with Gasteiger partial charge in [0.05, 0.1) is 5.69 Å². The molecule has 0 aliphatic rings. The van der Waals surface area contributed by atoms with E-state index in [1.54, 1.807) is 58.6 Å². The van der Waals surface area contributed by atoms with Crippen molar-refractivity contribution in [3.05, 3.63) is 29.5 Å². The van der Waals surface area contributed by atoms with Gasteiger partial charge in [0.15, 0.2) is 0 Å². The first-order valence-electron chi connectivity index (χ1n) is 8.23. The first-order valence-corrected chi connectivity index (χ1v) is 8.23. The minimum Gasteiger partial charge on any atom is -0.340 e. The normalized spacial score (nSPS) is 13.7. The van der Waals surface area contributed by atoms with E-state index in [-0.39, 0.29) is 12.0 Å². The number of nitrogens with one attached hydrogen (secondary N) is 1. The fourth-order valence-corrected chi connectivity index (χ4v) is 2.88. The van der Waals surface area contributed by atoms with Crippen LogP contribution in [-0.2, 0) is 7.05 Å². The van der Waals surface area contributed by atoms with Gasteiger partial charge in [-0.15, -0.1) is 0 Å². The lowest BCUT2D eigenvalue weighted by molar-refractivity contribution is -0.159. The van der Waals surface area contributed by atoms with Crippen LogP contribution >= 0.6 is 0 Å². The van der Waals surface area contributed by atoms with Gasteiger partial charge in [0.1, 0.15) is 23.2 Å². The number of carbonyl (C=O) groups excluding carboxylic acids is 1. The summed E-state index contributed by atoms with van der Waals surface area (Å²) in [6.07, 6.45) is -1.57. The average Bonchev–Trinajstić information content (AvgIpc) is 2.98. The number of amides is 1. The molecule has 1 unspecified atom stereocenters. The largest absolute Gasteiger partial charge is 0.408 e. The summed E-state index contributed by atoms with van der Waals surface area (Å²) < 4.78 is 43.3. The monoisotopic (exact) mass is 371 g/mol. The number of rotatable bonds is 4. The van der Waals surface area contributed by atoms with Crippen LogP contribution in [0.2, 0.25) is 0 Å². The van der Waals surface area contributed by atoms with Gasteiger partial charge >= 0.3 is 6.18 Å². The molecule has 26 heavy (non-hydrogen) atoms. The minimum absolute atomic E-state index is 0.108. The van der Waals surface area contributed by atoms with Crippen molar-refractivity contribution in [2.45, 2.75) is 53.3 Å². The number of hydrogen-bond donors (Lipinski definition) is 1. The maximum Gasteiger partial charge on any atom is 0.408 e. The molecule has 0 aliphatic carbocycles. The van der Waals surface area contributed by atoms with Crippen LogP contribution < -0.4 is 5.32 Å². The summed E-state index contributed by atoms with van der Waals surface area (Å²) in [5.41, 5.74) is -0.136. The lowest BCUT2D eigenvalue weighted by atomic mass is 9.87. The van der Waals surface area contributed by atoms with Gasteiger partial charge in [-0.05, 0) is 25.7 Å². The number of imidazole rings is 1. The van der Waals surface area contributed by atoms with Crippen molar-refractivity contribution in [3.8, 4) is 5.82 Å². The lowest BCUT2D eigenvalue weighted by Crippen LogP contribution is -2.47. The van der Waals surface area contributed by atoms with Crippen molar-refractivity contribution in [3.63, 3.8) is 0 Å². The third-order valence-corrected chi connectivity index (χ3v) is 3.99. The number of hydrogen-bond acceptors (Lipinski definition) is 3. The van der Waals surface area contributed by atoms with Crippen molar-refractivity contribution in [2.75, 3.05) is 0 Å². The van der Waals surface area contributed by atoms with Crippen LogP contribution in [0.3, 0.4) is 0 Å². The van der Waals surface area contributed by atoms with Gasteiger partial charge in [-0.25, -0.2) is 4.98 Å². The molecule has 2 aromatic rings. The number of aromatic nitrogens is 4. The van der Waals surface area contributed by atoms with Crippen molar-refractivity contribution >= 4 is 5.91 Å². The number of halogens is 3. The van der Waals surface area contributed by atoms with Crippen LogP contribution in [-0.4, -0.2) is 37.5 Å². The number of aryl methyl sites for hydroxylation is 3. The zero-order valence-corrected chi connectivity index (χ0v) is 15.8. The van der Waals surface area contributed by atoms with Gasteiger partial charge in [-0.2, -0.15) is 18.3 Å². The number of alkyl halides is 3. The Morgan fingerprint density at radius 2 is 1.88 bits per heavy atom. The van der Waals surface area contributed by atoms with Crippen molar-refractivity contribution in [1.29, 1.82) is 0 Å². The molecule has 1 atom stereocenters. The Bertz CT molecular complexity index is 798. The Morgan fingerprint density at radius 1 is 1.27 bits per heavy atom. The van der Waals surface area contributed by atoms with Gasteiger partial charge in [0, 0.05) is 19.4 Å². The second-order valence-electron chi connectivity index (χ2n) is 7.58. The van der Waals surface area contributed by atoms with Crippen LogP contribution in [0, 0.1) is 19.3 Å². The highest BCUT2D eigenvalue weighted by atomic mass is 19.4. The molecule has 0 spiro atoms. The zero-order chi connectivity index (χ0) is 19.9. The van der Waals surface area contributed by atoms with Gasteiger partial charge in [-0.1, -0.05) is 20.8 Å². The van der Waals surface area contributed by atoms with Crippen LogP contribution in [0.25, 0.3) is 5.82 Å². The van der Waals surface area contributed by atoms with E-state index >= 15 is 0 Å². The van der Waals surface area contributed by atoms with Crippen LogP contribution in [0.4, 0.5) is 13.2 Å². The van der Waals surface area contributed by atoms with Gasteiger partial charge in [-0.3, -0.25) is 14.0 Å². The zero-order valence-electron chi connectivity index (χ0n) is 15.8. The Labute approximate surface area is 150 Å². The third kappa shape index (κ3) is 4.25. The second-order valence-corrected chi connectivity index (χ2v) is 7.58. The topological polar surface area (TPSA) is 64.7 Å². The summed E-state index contributed by atoms with van der Waals surface area (Å²) >= 11 is 0. The summed E-state index contributed by atoms with van der Waals surface area (Å²) in [6, 6.07) is -1.94. The molecule has 0 radical (unpaired) electrons. The van der Waals surface area contributed by atoms with E-state index in [0.29, 0.717) is 17.3 Å². The lowest BCUT2D eigenvalue weighted by Gasteiger charge is -2.28. The predicted octanol–water partition coefficient (Wildman–Crippen LogP) is 3.32. The quantitative estimate of drug-likeness (QED) is 0.897. The van der Waals surface area contributed by atoms with Crippen LogP contribution in [0.5, 0.6) is 0 Å². The van der Waals surface area contributed by atoms with Crippen LogP contribution in [0.1, 0.15) is 49.1 Å². The molecule has 6 nitrogen and oxygen atoms in total. The summed E-state index contributed by atoms with van der Waals surface area (Å²) in [5, 5.41) is 6.35. The molecule has 0 bridgehead atoms. The van der Waals surface area contributed by atoms with E-state index in [2.05, 4.69) is 15.4 Å². The first kappa shape index (κ1) is 20.0. The average molecular weight is 371 g/mol. The smallest absolute Gasteiger partial charge is 0.340 e.